The number of unbranched alkanes of at least 4 members (excludes halogenated alkanes) is 21. The number of ether oxygens (including phenoxy) is 2. The molecule has 0 spiro atoms. The van der Waals surface area contributed by atoms with E-state index in [1.807, 2.05) is 0 Å². The fourth-order valence-electron chi connectivity index (χ4n) is 6.32. The normalized spacial score (nSPS) is 12.9. The van der Waals surface area contributed by atoms with Crippen LogP contribution in [-0.2, 0) is 19.1 Å². The van der Waals surface area contributed by atoms with Crippen molar-refractivity contribution in [3.63, 3.8) is 0 Å². The van der Waals surface area contributed by atoms with E-state index in [9.17, 15) is 14.7 Å². The molecule has 5 nitrogen and oxygen atoms in total. The van der Waals surface area contributed by atoms with Crippen LogP contribution in [0.4, 0.5) is 0 Å². The average Bonchev–Trinajstić information content (AvgIpc) is 3.19. The smallest absolute Gasteiger partial charge is 0.306 e. The van der Waals surface area contributed by atoms with Gasteiger partial charge in [-0.1, -0.05) is 209 Å². The fraction of sp³-hybridized carbons (Fsp3) is 0.720. The zero-order valence-electron chi connectivity index (χ0n) is 35.9. The number of aliphatic hydroxyl groups excluding tert-OH is 1. The van der Waals surface area contributed by atoms with Crippen LogP contribution in [0.5, 0.6) is 0 Å². The summed E-state index contributed by atoms with van der Waals surface area (Å²) in [6.45, 7) is 4.01. The van der Waals surface area contributed by atoms with Gasteiger partial charge in [-0.3, -0.25) is 9.59 Å². The number of rotatable bonds is 41. The molecule has 0 radical (unpaired) electrons. The van der Waals surface area contributed by atoms with Gasteiger partial charge in [-0.25, -0.2) is 0 Å². The first kappa shape index (κ1) is 52.3. The maximum Gasteiger partial charge on any atom is 0.306 e. The largest absolute Gasteiger partial charge is 0.462 e. The van der Waals surface area contributed by atoms with Crippen LogP contribution in [0.1, 0.15) is 213 Å². The first-order valence-corrected chi connectivity index (χ1v) is 23.0. The van der Waals surface area contributed by atoms with Gasteiger partial charge in [0.2, 0.25) is 0 Å². The Labute approximate surface area is 340 Å². The second-order valence-corrected chi connectivity index (χ2v) is 15.1. The molecule has 1 atom stereocenters. The summed E-state index contributed by atoms with van der Waals surface area (Å²) in [5.41, 5.74) is 0. The van der Waals surface area contributed by atoms with Crippen molar-refractivity contribution in [2.75, 3.05) is 13.2 Å². The summed E-state index contributed by atoms with van der Waals surface area (Å²) in [6.07, 6.45) is 61.3. The Balaban J connectivity index is 3.51. The molecule has 0 saturated carbocycles. The Morgan fingerprint density at radius 2 is 0.782 bits per heavy atom. The standard InChI is InChI=1S/C50H86O5/c1-3-5-7-9-11-13-15-16-17-18-19-20-21-22-23-24-25-26-27-28-29-30-31-32-33-34-35-37-39-41-43-45-50(53)55-48(46-51)47-54-49(52)44-42-40-38-36-14-12-10-8-6-4-2/h5,7,11,13,16-17,19-20,22-23,25-26,48,51H,3-4,6,8-10,12,14-15,18,21,24,27-47H2,1-2H3/b7-5-,13-11-,17-16-,20-19-,23-22-,26-25-. The minimum absolute atomic E-state index is 0.0663. The Kier molecular flexibility index (Phi) is 43.5. The van der Waals surface area contributed by atoms with E-state index >= 15 is 0 Å². The van der Waals surface area contributed by atoms with E-state index in [0.29, 0.717) is 12.8 Å². The molecule has 0 rings (SSSR count). The van der Waals surface area contributed by atoms with Crippen LogP contribution < -0.4 is 0 Å². The van der Waals surface area contributed by atoms with Gasteiger partial charge in [0.1, 0.15) is 6.61 Å². The van der Waals surface area contributed by atoms with Gasteiger partial charge in [0.15, 0.2) is 6.10 Å². The van der Waals surface area contributed by atoms with Gasteiger partial charge in [-0.05, 0) is 64.2 Å². The Morgan fingerprint density at radius 3 is 1.18 bits per heavy atom. The highest BCUT2D eigenvalue weighted by molar-refractivity contribution is 5.70. The van der Waals surface area contributed by atoms with Crippen molar-refractivity contribution in [1.29, 1.82) is 0 Å². The molecule has 0 fully saturated rings. The van der Waals surface area contributed by atoms with Gasteiger partial charge in [0.05, 0.1) is 6.61 Å². The lowest BCUT2D eigenvalue weighted by atomic mass is 10.0. The number of carbonyl (C=O) groups is 2. The summed E-state index contributed by atoms with van der Waals surface area (Å²) in [5.74, 6) is -0.594. The van der Waals surface area contributed by atoms with Gasteiger partial charge in [-0.2, -0.15) is 0 Å². The monoisotopic (exact) mass is 767 g/mol. The van der Waals surface area contributed by atoms with Crippen LogP contribution in [0.2, 0.25) is 0 Å². The minimum atomic E-state index is -0.772. The van der Waals surface area contributed by atoms with E-state index in [4.69, 9.17) is 9.47 Å². The van der Waals surface area contributed by atoms with Crippen molar-refractivity contribution in [2.24, 2.45) is 0 Å². The van der Waals surface area contributed by atoms with Crippen LogP contribution in [0, 0.1) is 0 Å². The molecule has 0 aliphatic carbocycles. The van der Waals surface area contributed by atoms with E-state index in [0.717, 1.165) is 77.0 Å². The second kappa shape index (κ2) is 45.7. The maximum absolute atomic E-state index is 12.2. The summed E-state index contributed by atoms with van der Waals surface area (Å²) in [6, 6.07) is 0. The highest BCUT2D eigenvalue weighted by Gasteiger charge is 2.16. The van der Waals surface area contributed by atoms with Gasteiger partial charge in [-0.15, -0.1) is 0 Å². The van der Waals surface area contributed by atoms with Crippen molar-refractivity contribution in [2.45, 2.75) is 219 Å². The summed E-state index contributed by atoms with van der Waals surface area (Å²) < 4.78 is 10.6. The van der Waals surface area contributed by atoms with Crippen molar-refractivity contribution in [3.05, 3.63) is 72.9 Å². The molecular formula is C50H86O5. The number of hydrogen-bond acceptors (Lipinski definition) is 5. The van der Waals surface area contributed by atoms with Crippen LogP contribution in [0.25, 0.3) is 0 Å². The van der Waals surface area contributed by atoms with Crippen molar-refractivity contribution < 1.29 is 24.2 Å². The van der Waals surface area contributed by atoms with Crippen LogP contribution >= 0.6 is 0 Å². The van der Waals surface area contributed by atoms with Gasteiger partial charge >= 0.3 is 11.9 Å². The third kappa shape index (κ3) is 43.9. The highest BCUT2D eigenvalue weighted by Crippen LogP contribution is 2.15. The van der Waals surface area contributed by atoms with Crippen LogP contribution in [0.15, 0.2) is 72.9 Å². The van der Waals surface area contributed by atoms with Crippen molar-refractivity contribution >= 4 is 11.9 Å². The lowest BCUT2D eigenvalue weighted by Crippen LogP contribution is -2.28. The van der Waals surface area contributed by atoms with Crippen molar-refractivity contribution in [3.8, 4) is 0 Å². The summed E-state index contributed by atoms with van der Waals surface area (Å²) in [5, 5.41) is 9.56. The molecule has 0 aromatic rings. The average molecular weight is 767 g/mol. The number of allylic oxidation sites excluding steroid dienone is 12. The molecule has 0 saturated heterocycles. The summed E-state index contributed by atoms with van der Waals surface area (Å²) in [7, 11) is 0. The predicted octanol–water partition coefficient (Wildman–Crippen LogP) is 14.9. The van der Waals surface area contributed by atoms with E-state index < -0.39 is 6.10 Å². The molecule has 1 N–H and O–H groups in total. The first-order chi connectivity index (χ1) is 27.1. The quantitative estimate of drug-likeness (QED) is 0.0381. The Morgan fingerprint density at radius 1 is 0.436 bits per heavy atom. The number of esters is 2. The molecule has 316 valence electrons. The Hall–Kier alpha value is -2.66. The van der Waals surface area contributed by atoms with Crippen LogP contribution in [0.3, 0.4) is 0 Å². The third-order valence-corrected chi connectivity index (χ3v) is 9.76. The molecule has 55 heavy (non-hydrogen) atoms. The van der Waals surface area contributed by atoms with Gasteiger partial charge in [0.25, 0.3) is 0 Å². The Bertz CT molecular complexity index is 1000. The molecule has 1 unspecified atom stereocenters. The van der Waals surface area contributed by atoms with E-state index in [-0.39, 0.29) is 25.2 Å². The minimum Gasteiger partial charge on any atom is -0.462 e. The van der Waals surface area contributed by atoms with Gasteiger partial charge in [0, 0.05) is 12.8 Å². The highest BCUT2D eigenvalue weighted by atomic mass is 16.6. The molecule has 5 heteroatoms. The lowest BCUT2D eigenvalue weighted by Gasteiger charge is -2.15. The number of aliphatic hydroxyl groups is 1. The molecule has 0 amide bonds. The molecule has 0 aromatic heterocycles. The van der Waals surface area contributed by atoms with Crippen LogP contribution in [-0.4, -0.2) is 36.4 Å². The predicted molar refractivity (Wildman–Crippen MR) is 237 cm³/mol. The molecule has 0 heterocycles. The topological polar surface area (TPSA) is 72.8 Å². The van der Waals surface area contributed by atoms with Crippen molar-refractivity contribution in [1.82, 2.24) is 0 Å². The summed E-state index contributed by atoms with van der Waals surface area (Å²) >= 11 is 0. The summed E-state index contributed by atoms with van der Waals surface area (Å²) in [4.78, 5) is 24.3. The number of hydrogen-bond donors (Lipinski definition) is 1. The van der Waals surface area contributed by atoms with E-state index in [1.54, 1.807) is 0 Å². The molecular weight excluding hydrogens is 681 g/mol. The van der Waals surface area contributed by atoms with E-state index in [2.05, 4.69) is 86.8 Å². The molecule has 0 bridgehead atoms. The molecule has 0 aromatic carbocycles. The first-order valence-electron chi connectivity index (χ1n) is 23.0. The zero-order valence-corrected chi connectivity index (χ0v) is 35.9. The molecule has 0 aliphatic rings. The second-order valence-electron chi connectivity index (χ2n) is 15.1. The molecule has 0 aliphatic heterocycles. The fourth-order valence-corrected chi connectivity index (χ4v) is 6.32. The third-order valence-electron chi connectivity index (χ3n) is 9.76. The lowest BCUT2D eigenvalue weighted by molar-refractivity contribution is -0.161. The zero-order chi connectivity index (χ0) is 40.0. The maximum atomic E-state index is 12.2. The SMILES string of the molecule is CC/C=C\C/C=C\C/C=C\C/C=C\C/C=C\C/C=C\CCCCCCCCCCCCCCC(=O)OC(CO)COC(=O)CCCCCCCCCCCC. The van der Waals surface area contributed by atoms with E-state index in [1.165, 1.54) is 109 Å². The van der Waals surface area contributed by atoms with Gasteiger partial charge < -0.3 is 14.6 Å². The number of carbonyl (C=O) groups excluding carboxylic acids is 2.